The molecule has 4 nitrogen and oxygen atoms in total. The molecule has 18 heavy (non-hydrogen) atoms. The molecule has 0 aliphatic carbocycles. The molecule has 1 unspecified atom stereocenters. The van der Waals surface area contributed by atoms with Gasteiger partial charge in [0, 0.05) is 19.6 Å². The van der Waals surface area contributed by atoms with E-state index in [9.17, 15) is 18.0 Å². The number of benzene rings is 1. The van der Waals surface area contributed by atoms with Crippen LogP contribution in [-0.2, 0) is 6.18 Å². The number of likely N-dealkylation sites (N-methyl/N-ethyl adjacent to an activating group) is 1. The number of halogens is 3. The summed E-state index contributed by atoms with van der Waals surface area (Å²) in [6.45, 7) is -0.0728. The van der Waals surface area contributed by atoms with Crippen LogP contribution in [0.2, 0.25) is 0 Å². The number of carboxylic acid groups (broad SMARTS) is 1. The molecule has 0 radical (unpaired) electrons. The standard InChI is InChI=1S/C11H13F3N2O2/c1-16(10(17)18)6-9(15)7-3-2-4-8(5-7)11(12,13)14/h2-5,9H,6,15H2,1H3,(H,17,18). The van der Waals surface area contributed by atoms with Gasteiger partial charge in [0.2, 0.25) is 0 Å². The predicted octanol–water partition coefficient (Wildman–Crippen LogP) is 2.31. The SMILES string of the molecule is CN(CC(N)c1cccc(C(F)(F)F)c1)C(=O)O. The fourth-order valence-electron chi connectivity index (χ4n) is 1.42. The third-order valence-corrected chi connectivity index (χ3v) is 2.44. The van der Waals surface area contributed by atoms with Gasteiger partial charge in [-0.05, 0) is 17.7 Å². The lowest BCUT2D eigenvalue weighted by Gasteiger charge is -2.19. The number of alkyl halides is 3. The molecule has 1 aromatic carbocycles. The summed E-state index contributed by atoms with van der Waals surface area (Å²) in [4.78, 5) is 11.5. The van der Waals surface area contributed by atoms with Gasteiger partial charge in [-0.3, -0.25) is 0 Å². The van der Waals surface area contributed by atoms with E-state index in [4.69, 9.17) is 10.8 Å². The summed E-state index contributed by atoms with van der Waals surface area (Å²) in [5.74, 6) is 0. The van der Waals surface area contributed by atoms with Crippen molar-refractivity contribution in [2.24, 2.45) is 5.73 Å². The summed E-state index contributed by atoms with van der Waals surface area (Å²) >= 11 is 0. The second-order valence-electron chi connectivity index (χ2n) is 3.89. The second kappa shape index (κ2) is 5.26. The fraction of sp³-hybridized carbons (Fsp3) is 0.364. The molecular weight excluding hydrogens is 249 g/mol. The van der Waals surface area contributed by atoms with Crippen LogP contribution in [0.3, 0.4) is 0 Å². The van der Waals surface area contributed by atoms with Gasteiger partial charge in [-0.2, -0.15) is 13.2 Å². The van der Waals surface area contributed by atoms with Crippen molar-refractivity contribution in [3.63, 3.8) is 0 Å². The summed E-state index contributed by atoms with van der Waals surface area (Å²) in [5, 5.41) is 8.65. The van der Waals surface area contributed by atoms with Crippen LogP contribution in [-0.4, -0.2) is 29.7 Å². The van der Waals surface area contributed by atoms with Crippen molar-refractivity contribution in [1.29, 1.82) is 0 Å². The van der Waals surface area contributed by atoms with E-state index in [1.165, 1.54) is 19.2 Å². The number of rotatable bonds is 3. The van der Waals surface area contributed by atoms with Crippen molar-refractivity contribution in [2.75, 3.05) is 13.6 Å². The Bertz CT molecular complexity index is 435. The molecule has 1 atom stereocenters. The average Bonchev–Trinajstić information content (AvgIpc) is 2.27. The maximum Gasteiger partial charge on any atom is 0.416 e. The minimum atomic E-state index is -4.44. The Hall–Kier alpha value is -1.76. The first kappa shape index (κ1) is 14.3. The molecule has 0 saturated heterocycles. The van der Waals surface area contributed by atoms with Gasteiger partial charge in [0.15, 0.2) is 0 Å². The van der Waals surface area contributed by atoms with E-state index in [1.54, 1.807) is 0 Å². The van der Waals surface area contributed by atoms with Crippen molar-refractivity contribution in [3.05, 3.63) is 35.4 Å². The van der Waals surface area contributed by atoms with Crippen LogP contribution >= 0.6 is 0 Å². The number of amides is 1. The van der Waals surface area contributed by atoms with Crippen molar-refractivity contribution < 1.29 is 23.1 Å². The zero-order chi connectivity index (χ0) is 13.9. The Balaban J connectivity index is 2.87. The van der Waals surface area contributed by atoms with Crippen LogP contribution in [0.4, 0.5) is 18.0 Å². The van der Waals surface area contributed by atoms with Gasteiger partial charge in [0.25, 0.3) is 0 Å². The number of hydrogen-bond acceptors (Lipinski definition) is 2. The number of carbonyl (C=O) groups is 1. The lowest BCUT2D eigenvalue weighted by molar-refractivity contribution is -0.137. The maximum atomic E-state index is 12.5. The molecule has 0 aliphatic heterocycles. The van der Waals surface area contributed by atoms with E-state index >= 15 is 0 Å². The minimum absolute atomic E-state index is 0.0728. The molecule has 3 N–H and O–H groups in total. The summed E-state index contributed by atoms with van der Waals surface area (Å²) in [5.41, 5.74) is 5.12. The van der Waals surface area contributed by atoms with Gasteiger partial charge in [0.05, 0.1) is 5.56 Å². The third kappa shape index (κ3) is 3.63. The van der Waals surface area contributed by atoms with E-state index in [0.29, 0.717) is 0 Å². The molecule has 0 saturated carbocycles. The number of nitrogens with zero attached hydrogens (tertiary/aromatic N) is 1. The van der Waals surface area contributed by atoms with E-state index in [0.717, 1.165) is 17.0 Å². The number of nitrogens with two attached hydrogens (primary N) is 1. The molecule has 7 heteroatoms. The van der Waals surface area contributed by atoms with Crippen molar-refractivity contribution >= 4 is 6.09 Å². The van der Waals surface area contributed by atoms with Crippen molar-refractivity contribution in [2.45, 2.75) is 12.2 Å². The molecule has 1 rings (SSSR count). The van der Waals surface area contributed by atoms with Crippen LogP contribution in [0.5, 0.6) is 0 Å². The van der Waals surface area contributed by atoms with E-state index < -0.39 is 23.9 Å². The fourth-order valence-corrected chi connectivity index (χ4v) is 1.42. The molecule has 0 bridgehead atoms. The minimum Gasteiger partial charge on any atom is -0.465 e. The highest BCUT2D eigenvalue weighted by Crippen LogP contribution is 2.30. The van der Waals surface area contributed by atoms with Gasteiger partial charge >= 0.3 is 12.3 Å². The second-order valence-corrected chi connectivity index (χ2v) is 3.89. The van der Waals surface area contributed by atoms with Crippen LogP contribution < -0.4 is 5.73 Å². The Kier molecular flexibility index (Phi) is 4.18. The summed E-state index contributed by atoms with van der Waals surface area (Å²) in [6.07, 6.45) is -5.62. The molecule has 100 valence electrons. The van der Waals surface area contributed by atoms with E-state index in [2.05, 4.69) is 0 Å². The van der Waals surface area contributed by atoms with E-state index in [1.807, 2.05) is 0 Å². The van der Waals surface area contributed by atoms with Crippen LogP contribution in [0.15, 0.2) is 24.3 Å². The first-order chi connectivity index (χ1) is 8.21. The maximum absolute atomic E-state index is 12.5. The van der Waals surface area contributed by atoms with Crippen LogP contribution in [0.1, 0.15) is 17.2 Å². The zero-order valence-electron chi connectivity index (χ0n) is 9.61. The summed E-state index contributed by atoms with van der Waals surface area (Å²) in [7, 11) is 1.30. The zero-order valence-corrected chi connectivity index (χ0v) is 9.61. The molecule has 1 aromatic rings. The van der Waals surface area contributed by atoms with Gasteiger partial charge in [0.1, 0.15) is 0 Å². The van der Waals surface area contributed by atoms with Crippen molar-refractivity contribution in [3.8, 4) is 0 Å². The third-order valence-electron chi connectivity index (χ3n) is 2.44. The van der Waals surface area contributed by atoms with E-state index in [-0.39, 0.29) is 12.1 Å². The highest BCUT2D eigenvalue weighted by Gasteiger charge is 2.30. The Morgan fingerprint density at radius 3 is 2.61 bits per heavy atom. The van der Waals surface area contributed by atoms with Gasteiger partial charge in [-0.1, -0.05) is 12.1 Å². The average molecular weight is 262 g/mol. The number of hydrogen-bond donors (Lipinski definition) is 2. The van der Waals surface area contributed by atoms with Gasteiger partial charge in [-0.15, -0.1) is 0 Å². The van der Waals surface area contributed by atoms with Crippen molar-refractivity contribution in [1.82, 2.24) is 4.90 Å². The molecule has 0 heterocycles. The predicted molar refractivity (Wildman–Crippen MR) is 59.0 cm³/mol. The molecular formula is C11H13F3N2O2. The lowest BCUT2D eigenvalue weighted by Crippen LogP contribution is -2.32. The Morgan fingerprint density at radius 2 is 2.11 bits per heavy atom. The largest absolute Gasteiger partial charge is 0.465 e. The molecule has 1 amide bonds. The summed E-state index contributed by atoms with van der Waals surface area (Å²) in [6, 6.07) is 3.76. The monoisotopic (exact) mass is 262 g/mol. The normalized spacial score (nSPS) is 13.2. The first-order valence-electron chi connectivity index (χ1n) is 5.08. The molecule has 0 aliphatic rings. The Morgan fingerprint density at radius 1 is 1.50 bits per heavy atom. The quantitative estimate of drug-likeness (QED) is 0.878. The molecule has 0 spiro atoms. The summed E-state index contributed by atoms with van der Waals surface area (Å²) < 4.78 is 37.4. The molecule has 0 fully saturated rings. The smallest absolute Gasteiger partial charge is 0.416 e. The Labute approximate surface area is 102 Å². The van der Waals surface area contributed by atoms with Gasteiger partial charge < -0.3 is 15.7 Å². The highest BCUT2D eigenvalue weighted by atomic mass is 19.4. The van der Waals surface area contributed by atoms with Crippen LogP contribution in [0, 0.1) is 0 Å². The highest BCUT2D eigenvalue weighted by molar-refractivity contribution is 5.64. The topological polar surface area (TPSA) is 66.6 Å². The van der Waals surface area contributed by atoms with Crippen LogP contribution in [0.25, 0.3) is 0 Å². The van der Waals surface area contributed by atoms with Gasteiger partial charge in [-0.25, -0.2) is 4.79 Å². The first-order valence-corrected chi connectivity index (χ1v) is 5.08. The molecule has 0 aromatic heterocycles. The lowest BCUT2D eigenvalue weighted by atomic mass is 10.0.